The van der Waals surface area contributed by atoms with Crippen LogP contribution in [0.3, 0.4) is 0 Å². The van der Waals surface area contributed by atoms with E-state index in [2.05, 4.69) is 11.2 Å². The normalized spacial score (nSPS) is 16.6. The second kappa shape index (κ2) is 5.44. The van der Waals surface area contributed by atoms with E-state index in [1.807, 2.05) is 0 Å². The van der Waals surface area contributed by atoms with Gasteiger partial charge in [0.05, 0.1) is 0 Å². The topological polar surface area (TPSA) is 69.6 Å². The molecule has 0 saturated carbocycles. The number of amides is 2. The predicted octanol–water partition coefficient (Wildman–Crippen LogP) is 1.41. The van der Waals surface area contributed by atoms with E-state index in [1.54, 1.807) is 24.3 Å². The molecule has 19 heavy (non-hydrogen) atoms. The van der Waals surface area contributed by atoms with Crippen LogP contribution < -0.4 is 10.2 Å². The van der Waals surface area contributed by atoms with Crippen molar-refractivity contribution >= 4 is 17.7 Å². The summed E-state index contributed by atoms with van der Waals surface area (Å²) in [6, 6.07) is 6.73. The van der Waals surface area contributed by atoms with E-state index in [9.17, 15) is 14.7 Å². The Labute approximate surface area is 111 Å². The number of nitrogens with zero attached hydrogens (tertiary/aromatic N) is 1. The molecule has 2 amide bonds. The lowest BCUT2D eigenvalue weighted by Gasteiger charge is -2.17. The first kappa shape index (κ1) is 13.0. The van der Waals surface area contributed by atoms with Gasteiger partial charge in [0, 0.05) is 25.2 Å². The Morgan fingerprint density at radius 2 is 2.21 bits per heavy atom. The van der Waals surface area contributed by atoms with Crippen molar-refractivity contribution in [2.45, 2.75) is 12.3 Å². The zero-order valence-electron chi connectivity index (χ0n) is 10.3. The molecular weight excluding hydrogens is 244 g/mol. The number of benzene rings is 1. The van der Waals surface area contributed by atoms with Gasteiger partial charge in [-0.2, -0.15) is 0 Å². The van der Waals surface area contributed by atoms with Gasteiger partial charge in [-0.1, -0.05) is 18.2 Å². The lowest BCUT2D eigenvalue weighted by Crippen LogP contribution is -2.40. The van der Waals surface area contributed by atoms with E-state index in [0.717, 1.165) is 0 Å². The Bertz CT molecular complexity index is 548. The lowest BCUT2D eigenvalue weighted by atomic mass is 10.0. The highest BCUT2D eigenvalue weighted by molar-refractivity contribution is 5.98. The summed E-state index contributed by atoms with van der Waals surface area (Å²) in [5, 5.41) is 11.9. The van der Waals surface area contributed by atoms with Gasteiger partial charge in [-0.05, 0) is 11.6 Å². The van der Waals surface area contributed by atoms with Crippen molar-refractivity contribution in [3.63, 3.8) is 0 Å². The number of anilines is 1. The molecule has 1 aromatic carbocycles. The van der Waals surface area contributed by atoms with Gasteiger partial charge >= 0.3 is 12.0 Å². The average Bonchev–Trinajstić information content (AvgIpc) is 2.78. The minimum Gasteiger partial charge on any atom is -0.481 e. The van der Waals surface area contributed by atoms with E-state index in [0.29, 0.717) is 24.2 Å². The van der Waals surface area contributed by atoms with Crippen LogP contribution in [0.1, 0.15) is 17.9 Å². The van der Waals surface area contributed by atoms with E-state index in [4.69, 9.17) is 6.42 Å². The maximum atomic E-state index is 12.0. The van der Waals surface area contributed by atoms with Crippen molar-refractivity contribution in [1.82, 2.24) is 5.32 Å². The minimum absolute atomic E-state index is 0.149. The van der Waals surface area contributed by atoms with Crippen LogP contribution in [0.4, 0.5) is 10.5 Å². The van der Waals surface area contributed by atoms with Crippen LogP contribution in [0, 0.1) is 12.3 Å². The molecule has 0 fully saturated rings. The molecule has 0 radical (unpaired) electrons. The Kier molecular flexibility index (Phi) is 3.71. The molecule has 1 aliphatic heterocycles. The Balaban J connectivity index is 2.18. The van der Waals surface area contributed by atoms with Crippen molar-refractivity contribution in [2.24, 2.45) is 0 Å². The number of terminal acetylenes is 1. The van der Waals surface area contributed by atoms with Crippen molar-refractivity contribution in [3.8, 4) is 12.3 Å². The maximum absolute atomic E-state index is 12.0. The monoisotopic (exact) mass is 258 g/mol. The number of carboxylic acid groups (broad SMARTS) is 1. The number of hydrogen-bond donors (Lipinski definition) is 2. The van der Waals surface area contributed by atoms with Gasteiger partial charge in [0.2, 0.25) is 0 Å². The van der Waals surface area contributed by atoms with Gasteiger partial charge in [-0.25, -0.2) is 4.79 Å². The second-order valence-electron chi connectivity index (χ2n) is 4.25. The summed E-state index contributed by atoms with van der Waals surface area (Å²) in [5.74, 6) is 0.836. The van der Waals surface area contributed by atoms with Crippen molar-refractivity contribution in [2.75, 3.05) is 18.0 Å². The molecule has 98 valence electrons. The molecule has 0 bridgehead atoms. The number of nitrogens with one attached hydrogen (secondary N) is 1. The Morgan fingerprint density at radius 3 is 2.89 bits per heavy atom. The molecule has 1 aliphatic rings. The van der Waals surface area contributed by atoms with Crippen molar-refractivity contribution in [3.05, 3.63) is 29.8 Å². The quantitative estimate of drug-likeness (QED) is 0.636. The van der Waals surface area contributed by atoms with Crippen LogP contribution >= 0.6 is 0 Å². The highest BCUT2D eigenvalue weighted by atomic mass is 16.4. The number of urea groups is 1. The summed E-state index contributed by atoms with van der Waals surface area (Å²) in [6.07, 6.45) is 5.56. The SMILES string of the molecule is C#CCCNC(=O)N1CC(C(=O)O)c2ccccc21. The number of carboxylic acids is 1. The van der Waals surface area contributed by atoms with Crippen LogP contribution in [0.5, 0.6) is 0 Å². The summed E-state index contributed by atoms with van der Waals surface area (Å²) in [6.45, 7) is 0.530. The number of para-hydroxylation sites is 1. The molecule has 0 aromatic heterocycles. The Morgan fingerprint density at radius 1 is 1.47 bits per heavy atom. The molecule has 1 unspecified atom stereocenters. The fourth-order valence-corrected chi connectivity index (χ4v) is 2.15. The van der Waals surface area contributed by atoms with Gasteiger partial charge in [0.15, 0.2) is 0 Å². The molecular formula is C14H14N2O3. The highest BCUT2D eigenvalue weighted by Crippen LogP contribution is 2.36. The van der Waals surface area contributed by atoms with Crippen LogP contribution in [-0.2, 0) is 4.79 Å². The summed E-state index contributed by atoms with van der Waals surface area (Å²) in [7, 11) is 0. The van der Waals surface area contributed by atoms with Gasteiger partial charge in [0.1, 0.15) is 5.92 Å². The number of fused-ring (bicyclic) bond motifs is 1. The van der Waals surface area contributed by atoms with Crippen LogP contribution in [-0.4, -0.2) is 30.2 Å². The lowest BCUT2D eigenvalue weighted by molar-refractivity contribution is -0.138. The standard InChI is InChI=1S/C14H14N2O3/c1-2-3-8-15-14(19)16-9-11(13(17)18)10-6-4-5-7-12(10)16/h1,4-7,11H,3,8-9H2,(H,15,19)(H,17,18). The predicted molar refractivity (Wildman–Crippen MR) is 71.0 cm³/mol. The largest absolute Gasteiger partial charge is 0.481 e. The third kappa shape index (κ3) is 2.52. The number of rotatable bonds is 3. The molecule has 2 rings (SSSR count). The van der Waals surface area contributed by atoms with Crippen LogP contribution in [0.15, 0.2) is 24.3 Å². The minimum atomic E-state index is -0.925. The van der Waals surface area contributed by atoms with Crippen molar-refractivity contribution in [1.29, 1.82) is 0 Å². The number of aliphatic carboxylic acids is 1. The number of hydrogen-bond acceptors (Lipinski definition) is 2. The van der Waals surface area contributed by atoms with Crippen LogP contribution in [0.2, 0.25) is 0 Å². The van der Waals surface area contributed by atoms with Gasteiger partial charge in [-0.3, -0.25) is 9.69 Å². The maximum Gasteiger partial charge on any atom is 0.321 e. The first-order chi connectivity index (χ1) is 9.15. The average molecular weight is 258 g/mol. The van der Waals surface area contributed by atoms with E-state index >= 15 is 0 Å². The van der Waals surface area contributed by atoms with E-state index in [-0.39, 0.29) is 12.6 Å². The first-order valence-corrected chi connectivity index (χ1v) is 5.95. The van der Waals surface area contributed by atoms with E-state index < -0.39 is 11.9 Å². The molecule has 5 heteroatoms. The smallest absolute Gasteiger partial charge is 0.321 e. The zero-order valence-corrected chi connectivity index (χ0v) is 10.3. The second-order valence-corrected chi connectivity index (χ2v) is 4.25. The van der Waals surface area contributed by atoms with Gasteiger partial charge in [0.25, 0.3) is 0 Å². The summed E-state index contributed by atoms with van der Waals surface area (Å²) < 4.78 is 0. The van der Waals surface area contributed by atoms with Gasteiger partial charge in [-0.15, -0.1) is 12.3 Å². The molecule has 1 atom stereocenters. The first-order valence-electron chi connectivity index (χ1n) is 5.95. The zero-order chi connectivity index (χ0) is 13.8. The summed E-state index contributed by atoms with van der Waals surface area (Å²) in [4.78, 5) is 24.7. The molecule has 2 N–H and O–H groups in total. The fourth-order valence-electron chi connectivity index (χ4n) is 2.15. The van der Waals surface area contributed by atoms with Crippen LogP contribution in [0.25, 0.3) is 0 Å². The highest BCUT2D eigenvalue weighted by Gasteiger charge is 2.36. The Hall–Kier alpha value is -2.48. The molecule has 0 spiro atoms. The number of carbonyl (C=O) groups excluding carboxylic acids is 1. The molecule has 0 saturated heterocycles. The van der Waals surface area contributed by atoms with Crippen molar-refractivity contribution < 1.29 is 14.7 Å². The van der Waals surface area contributed by atoms with E-state index in [1.165, 1.54) is 4.90 Å². The molecule has 1 heterocycles. The molecule has 1 aromatic rings. The third-order valence-electron chi connectivity index (χ3n) is 3.06. The third-order valence-corrected chi connectivity index (χ3v) is 3.06. The van der Waals surface area contributed by atoms with Gasteiger partial charge < -0.3 is 10.4 Å². The summed E-state index contributed by atoms with van der Waals surface area (Å²) >= 11 is 0. The summed E-state index contributed by atoms with van der Waals surface area (Å²) in [5.41, 5.74) is 1.32. The fraction of sp³-hybridized carbons (Fsp3) is 0.286. The molecule has 5 nitrogen and oxygen atoms in total. The number of carbonyl (C=O) groups is 2. The molecule has 0 aliphatic carbocycles.